The highest BCUT2D eigenvalue weighted by Crippen LogP contribution is 2.15. The lowest BCUT2D eigenvalue weighted by Gasteiger charge is -1.95. The van der Waals surface area contributed by atoms with Crippen molar-refractivity contribution in [2.45, 2.75) is 13.3 Å². The predicted molar refractivity (Wildman–Crippen MR) is 59.5 cm³/mol. The number of halogens is 2. The molecule has 16 heavy (non-hydrogen) atoms. The van der Waals surface area contributed by atoms with Gasteiger partial charge in [0.25, 0.3) is 0 Å². The van der Waals surface area contributed by atoms with Gasteiger partial charge in [-0.05, 0) is 25.1 Å². The number of esters is 1. The van der Waals surface area contributed by atoms with Crippen molar-refractivity contribution in [1.82, 2.24) is 0 Å². The maximum Gasteiger partial charge on any atom is 0.317 e. The first kappa shape index (κ1) is 12.5. The lowest BCUT2D eigenvalue weighted by molar-refractivity contribution is -0.141. The Morgan fingerprint density at radius 1 is 1.56 bits per heavy atom. The van der Waals surface area contributed by atoms with Crippen LogP contribution in [0.5, 0.6) is 0 Å². The maximum absolute atomic E-state index is 12.8. The third kappa shape index (κ3) is 3.92. The van der Waals surface area contributed by atoms with Crippen molar-refractivity contribution in [3.63, 3.8) is 0 Å². The monoisotopic (exact) mass is 240 g/mol. The summed E-state index contributed by atoms with van der Waals surface area (Å²) in [6.45, 7) is 2.06. The van der Waals surface area contributed by atoms with Crippen molar-refractivity contribution in [1.29, 1.82) is 0 Å². The summed E-state index contributed by atoms with van der Waals surface area (Å²) in [5, 5.41) is 0.0166. The van der Waals surface area contributed by atoms with E-state index in [2.05, 4.69) is 11.8 Å². The van der Waals surface area contributed by atoms with Gasteiger partial charge in [-0.25, -0.2) is 4.39 Å². The number of hydrogen-bond acceptors (Lipinski definition) is 2. The quantitative estimate of drug-likeness (QED) is 0.587. The van der Waals surface area contributed by atoms with Crippen LogP contribution in [-0.2, 0) is 9.53 Å². The zero-order valence-corrected chi connectivity index (χ0v) is 9.47. The van der Waals surface area contributed by atoms with Gasteiger partial charge in [0.05, 0.1) is 11.6 Å². The molecule has 0 bridgehead atoms. The highest BCUT2D eigenvalue weighted by molar-refractivity contribution is 6.30. The van der Waals surface area contributed by atoms with Gasteiger partial charge in [0.2, 0.25) is 0 Å². The first-order valence-corrected chi connectivity index (χ1v) is 5.11. The van der Waals surface area contributed by atoms with Crippen LogP contribution < -0.4 is 0 Å². The van der Waals surface area contributed by atoms with Gasteiger partial charge in [0, 0.05) is 5.56 Å². The molecule has 0 N–H and O–H groups in total. The zero-order valence-electron chi connectivity index (χ0n) is 8.72. The highest BCUT2D eigenvalue weighted by atomic mass is 35.5. The molecule has 1 rings (SSSR count). The van der Waals surface area contributed by atoms with E-state index in [0.29, 0.717) is 12.2 Å². The fourth-order valence-corrected chi connectivity index (χ4v) is 1.18. The van der Waals surface area contributed by atoms with E-state index >= 15 is 0 Å². The van der Waals surface area contributed by atoms with E-state index in [0.717, 1.165) is 0 Å². The van der Waals surface area contributed by atoms with E-state index in [4.69, 9.17) is 16.3 Å². The molecule has 1 aromatic rings. The Kier molecular flexibility index (Phi) is 4.81. The number of benzene rings is 1. The first-order valence-electron chi connectivity index (χ1n) is 4.73. The number of carbonyl (C=O) groups is 1. The fourth-order valence-electron chi connectivity index (χ4n) is 1.00. The van der Waals surface area contributed by atoms with Crippen LogP contribution in [0.25, 0.3) is 0 Å². The van der Waals surface area contributed by atoms with Crippen molar-refractivity contribution in [3.8, 4) is 11.8 Å². The highest BCUT2D eigenvalue weighted by Gasteiger charge is 1.99. The summed E-state index contributed by atoms with van der Waals surface area (Å²) in [6.07, 6.45) is 0.0167. The summed E-state index contributed by atoms with van der Waals surface area (Å²) in [5.74, 6) is 4.47. The van der Waals surface area contributed by atoms with Crippen molar-refractivity contribution in [3.05, 3.63) is 34.6 Å². The molecule has 4 heteroatoms. The Hall–Kier alpha value is -1.53. The molecule has 0 aliphatic heterocycles. The second-order valence-corrected chi connectivity index (χ2v) is 3.32. The minimum atomic E-state index is -0.488. The van der Waals surface area contributed by atoms with Crippen LogP contribution in [0.15, 0.2) is 18.2 Å². The maximum atomic E-state index is 12.8. The molecule has 0 spiro atoms. The summed E-state index contributed by atoms with van der Waals surface area (Å²) >= 11 is 5.57. The molecule has 2 nitrogen and oxygen atoms in total. The van der Waals surface area contributed by atoms with Gasteiger partial charge >= 0.3 is 5.97 Å². The van der Waals surface area contributed by atoms with E-state index < -0.39 is 5.82 Å². The molecule has 84 valence electrons. The Morgan fingerprint density at radius 2 is 2.31 bits per heavy atom. The summed E-state index contributed by atoms with van der Waals surface area (Å²) in [7, 11) is 0. The topological polar surface area (TPSA) is 26.3 Å². The van der Waals surface area contributed by atoms with Crippen molar-refractivity contribution in [2.24, 2.45) is 0 Å². The van der Waals surface area contributed by atoms with Crippen LogP contribution in [-0.4, -0.2) is 12.6 Å². The van der Waals surface area contributed by atoms with Gasteiger partial charge in [-0.1, -0.05) is 23.4 Å². The Morgan fingerprint density at radius 3 is 2.94 bits per heavy atom. The molecule has 0 aliphatic rings. The molecule has 0 saturated heterocycles. The molecular formula is C12H10ClFO2. The first-order chi connectivity index (χ1) is 7.63. The zero-order chi connectivity index (χ0) is 12.0. The molecule has 0 saturated carbocycles. The van der Waals surface area contributed by atoms with Crippen LogP contribution in [0.4, 0.5) is 4.39 Å². The van der Waals surface area contributed by atoms with E-state index in [9.17, 15) is 9.18 Å². The lowest BCUT2D eigenvalue weighted by atomic mass is 10.2. The van der Waals surface area contributed by atoms with Gasteiger partial charge in [-0.3, -0.25) is 4.79 Å². The van der Waals surface area contributed by atoms with E-state index in [1.54, 1.807) is 6.92 Å². The van der Waals surface area contributed by atoms with Crippen molar-refractivity contribution in [2.75, 3.05) is 6.61 Å². The van der Waals surface area contributed by atoms with Gasteiger partial charge in [0.1, 0.15) is 12.2 Å². The molecule has 0 radical (unpaired) electrons. The Balaban J connectivity index is 2.63. The lowest BCUT2D eigenvalue weighted by Crippen LogP contribution is -2.01. The molecular weight excluding hydrogens is 231 g/mol. The fraction of sp³-hybridized carbons (Fsp3) is 0.250. The smallest absolute Gasteiger partial charge is 0.317 e. The summed E-state index contributed by atoms with van der Waals surface area (Å²) in [5.41, 5.74) is 0.565. The van der Waals surface area contributed by atoms with Crippen LogP contribution in [0.3, 0.4) is 0 Å². The summed E-state index contributed by atoms with van der Waals surface area (Å²) in [4.78, 5) is 10.9. The minimum absolute atomic E-state index is 0.0166. The van der Waals surface area contributed by atoms with Crippen LogP contribution >= 0.6 is 11.6 Å². The van der Waals surface area contributed by atoms with Gasteiger partial charge in [0.15, 0.2) is 0 Å². The number of ether oxygens (including phenoxy) is 1. The molecule has 0 fully saturated rings. The Bertz CT molecular complexity index is 446. The van der Waals surface area contributed by atoms with E-state index in [1.807, 2.05) is 0 Å². The number of rotatable bonds is 2. The van der Waals surface area contributed by atoms with Crippen LogP contribution in [0.2, 0.25) is 5.02 Å². The standard InChI is InChI=1S/C12H10ClFO2/c1-2-16-12(15)5-3-4-9-6-7-11(14)10(13)8-9/h6-8H,2,5H2,1H3. The molecule has 0 aliphatic carbocycles. The normalized spacial score (nSPS) is 9.19. The minimum Gasteiger partial charge on any atom is -0.465 e. The molecule has 0 aromatic heterocycles. The third-order valence-electron chi connectivity index (χ3n) is 1.69. The van der Waals surface area contributed by atoms with Crippen molar-refractivity contribution < 1.29 is 13.9 Å². The average Bonchev–Trinajstić information content (AvgIpc) is 2.24. The van der Waals surface area contributed by atoms with E-state index in [1.165, 1.54) is 18.2 Å². The van der Waals surface area contributed by atoms with E-state index in [-0.39, 0.29) is 17.4 Å². The van der Waals surface area contributed by atoms with Gasteiger partial charge < -0.3 is 4.74 Å². The largest absolute Gasteiger partial charge is 0.465 e. The van der Waals surface area contributed by atoms with Crippen LogP contribution in [0, 0.1) is 17.7 Å². The average molecular weight is 241 g/mol. The molecule has 0 heterocycles. The molecule has 1 aromatic carbocycles. The van der Waals surface area contributed by atoms with Crippen molar-refractivity contribution >= 4 is 17.6 Å². The summed E-state index contributed by atoms with van der Waals surface area (Å²) < 4.78 is 17.5. The SMILES string of the molecule is CCOC(=O)CC#Cc1ccc(F)c(Cl)c1. The molecule has 0 unspecified atom stereocenters. The van der Waals surface area contributed by atoms with Crippen LogP contribution in [0.1, 0.15) is 18.9 Å². The van der Waals surface area contributed by atoms with Gasteiger partial charge in [-0.2, -0.15) is 0 Å². The predicted octanol–water partition coefficient (Wildman–Crippen LogP) is 2.78. The number of carbonyl (C=O) groups excluding carboxylic acids is 1. The third-order valence-corrected chi connectivity index (χ3v) is 1.98. The second-order valence-electron chi connectivity index (χ2n) is 2.91. The number of hydrogen-bond donors (Lipinski definition) is 0. The van der Waals surface area contributed by atoms with Gasteiger partial charge in [-0.15, -0.1) is 0 Å². The summed E-state index contributed by atoms with van der Waals surface area (Å²) in [6, 6.07) is 4.14. The molecule has 0 atom stereocenters. The molecule has 0 amide bonds. The Labute approximate surface area is 98.4 Å². The second kappa shape index (κ2) is 6.14.